The summed E-state index contributed by atoms with van der Waals surface area (Å²) in [6.45, 7) is 10.3. The van der Waals surface area contributed by atoms with Crippen molar-refractivity contribution >= 4 is 41.4 Å². The van der Waals surface area contributed by atoms with Gasteiger partial charge < -0.3 is 31.1 Å². The molecule has 6 amide bonds. The Morgan fingerprint density at radius 2 is 1.36 bits per heavy atom. The van der Waals surface area contributed by atoms with Gasteiger partial charge in [-0.1, -0.05) is 47.6 Å². The van der Waals surface area contributed by atoms with Gasteiger partial charge in [0.1, 0.15) is 24.0 Å². The molecule has 0 bridgehead atoms. The van der Waals surface area contributed by atoms with Crippen LogP contribution in [0.15, 0.2) is 12.2 Å². The molecule has 1 fully saturated rings. The highest BCUT2D eigenvalue weighted by Gasteiger charge is 2.36. The third-order valence-corrected chi connectivity index (χ3v) is 6.77. The zero-order chi connectivity index (χ0) is 33.6. The van der Waals surface area contributed by atoms with Crippen molar-refractivity contribution in [3.05, 3.63) is 12.2 Å². The van der Waals surface area contributed by atoms with Gasteiger partial charge in [0.2, 0.25) is 29.5 Å². The monoisotopic (exact) mass is 623 g/mol. The first-order valence-corrected chi connectivity index (χ1v) is 15.0. The smallest absolute Gasteiger partial charge is 0.330 e. The van der Waals surface area contributed by atoms with Crippen LogP contribution < -0.4 is 26.6 Å². The molecule has 0 saturated carbocycles. The van der Waals surface area contributed by atoms with Gasteiger partial charge in [-0.3, -0.25) is 34.1 Å². The zero-order valence-electron chi connectivity index (χ0n) is 26.7. The molecule has 0 spiro atoms. The SMILES string of the molecule is COC(=O)/C=C/[C@H](CC(C)C)NC(=O)CC[C@@H]1NC(=O)[C@H](CC(C)C)NC(=O)[C@H](CC(C)C)C(=O)NC(=O)[C@H](CO)NC1=O. The van der Waals surface area contributed by atoms with Crippen LogP contribution in [-0.2, 0) is 38.3 Å². The van der Waals surface area contributed by atoms with Gasteiger partial charge in [0.25, 0.3) is 5.91 Å². The predicted octanol–water partition coefficient (Wildman–Crippen LogP) is -0.162. The number of rotatable bonds is 13. The number of ether oxygens (including phenoxy) is 1. The van der Waals surface area contributed by atoms with E-state index >= 15 is 0 Å². The van der Waals surface area contributed by atoms with Gasteiger partial charge in [0.05, 0.1) is 13.7 Å². The lowest BCUT2D eigenvalue weighted by Gasteiger charge is -2.26. The molecule has 14 heteroatoms. The van der Waals surface area contributed by atoms with Crippen molar-refractivity contribution in [3.63, 3.8) is 0 Å². The van der Waals surface area contributed by atoms with Crippen molar-refractivity contribution in [2.75, 3.05) is 13.7 Å². The molecular weight excluding hydrogens is 574 g/mol. The van der Waals surface area contributed by atoms with Crippen LogP contribution in [0, 0.1) is 23.7 Å². The maximum Gasteiger partial charge on any atom is 0.330 e. The molecule has 5 atom stereocenters. The van der Waals surface area contributed by atoms with Gasteiger partial charge in [0, 0.05) is 18.5 Å². The molecular formula is C30H49N5O9. The van der Waals surface area contributed by atoms with Crippen LogP contribution in [0.1, 0.15) is 73.6 Å². The van der Waals surface area contributed by atoms with Crippen molar-refractivity contribution < 1.29 is 43.4 Å². The van der Waals surface area contributed by atoms with Crippen LogP contribution in [-0.4, -0.2) is 84.4 Å². The molecule has 1 saturated heterocycles. The minimum Gasteiger partial charge on any atom is -0.466 e. The van der Waals surface area contributed by atoms with Gasteiger partial charge in [-0.15, -0.1) is 0 Å². The van der Waals surface area contributed by atoms with Gasteiger partial charge in [-0.25, -0.2) is 4.79 Å². The zero-order valence-corrected chi connectivity index (χ0v) is 26.7. The average Bonchev–Trinajstić information content (AvgIpc) is 2.93. The lowest BCUT2D eigenvalue weighted by atomic mass is 9.94. The van der Waals surface area contributed by atoms with Crippen LogP contribution in [0.5, 0.6) is 0 Å². The number of amides is 6. The number of hydrogen-bond donors (Lipinski definition) is 6. The molecule has 1 aliphatic rings. The molecule has 0 aromatic carbocycles. The normalized spacial score (nSPS) is 22.8. The third kappa shape index (κ3) is 13.7. The Kier molecular flexibility index (Phi) is 16.3. The van der Waals surface area contributed by atoms with Crippen LogP contribution in [0.4, 0.5) is 0 Å². The van der Waals surface area contributed by atoms with E-state index in [1.54, 1.807) is 13.8 Å². The third-order valence-electron chi connectivity index (χ3n) is 6.77. The predicted molar refractivity (Wildman–Crippen MR) is 160 cm³/mol. The number of methoxy groups -OCH3 is 1. The van der Waals surface area contributed by atoms with E-state index in [0.29, 0.717) is 6.42 Å². The quantitative estimate of drug-likeness (QED) is 0.0696. The Morgan fingerprint density at radius 3 is 1.91 bits per heavy atom. The first kappa shape index (κ1) is 38.2. The van der Waals surface area contributed by atoms with E-state index in [-0.39, 0.29) is 43.4 Å². The maximum atomic E-state index is 13.4. The van der Waals surface area contributed by atoms with Crippen LogP contribution in [0.3, 0.4) is 0 Å². The fourth-order valence-electron chi connectivity index (χ4n) is 4.59. The van der Waals surface area contributed by atoms with E-state index in [9.17, 15) is 38.7 Å². The molecule has 0 aromatic rings. The molecule has 1 aliphatic heterocycles. The standard InChI is InChI=1S/C30H49N5O9/c1-16(2)12-19(8-11-25(38)44-7)31-24(37)10-9-21-28(41)34-23(15-36)30(43)35-27(40)20(13-17(3)4)26(39)33-22(14-18(5)6)29(42)32-21/h8,11,16-23,36H,9-10,12-15H2,1-7H3,(H,31,37)(H,32,42)(H,33,39)(H,34,41)(H,35,40,43)/b11-8+/t19-,20+,21+,22+,23+/m1/s1. The number of hydrogen-bond acceptors (Lipinski definition) is 9. The Morgan fingerprint density at radius 1 is 0.795 bits per heavy atom. The van der Waals surface area contributed by atoms with Crippen molar-refractivity contribution in [3.8, 4) is 0 Å². The maximum absolute atomic E-state index is 13.4. The summed E-state index contributed by atoms with van der Waals surface area (Å²) in [7, 11) is 1.23. The van der Waals surface area contributed by atoms with Gasteiger partial charge >= 0.3 is 5.97 Å². The molecule has 0 unspecified atom stereocenters. The van der Waals surface area contributed by atoms with E-state index in [0.717, 1.165) is 0 Å². The van der Waals surface area contributed by atoms with E-state index in [4.69, 9.17) is 0 Å². The summed E-state index contributed by atoms with van der Waals surface area (Å²) in [5.74, 6) is -6.63. The number of aliphatic hydroxyl groups excluding tert-OH is 1. The van der Waals surface area contributed by atoms with E-state index in [1.807, 2.05) is 27.7 Å². The summed E-state index contributed by atoms with van der Waals surface area (Å²) in [5, 5.41) is 22.2. The second kappa shape index (κ2) is 18.8. The van der Waals surface area contributed by atoms with Crippen LogP contribution >= 0.6 is 0 Å². The second-order valence-electron chi connectivity index (χ2n) is 12.3. The molecule has 0 aliphatic carbocycles. The Balaban J connectivity index is 3.30. The lowest BCUT2D eigenvalue weighted by Crippen LogP contribution is -2.57. The molecule has 0 aromatic heterocycles. The highest BCUT2D eigenvalue weighted by molar-refractivity contribution is 6.09. The fourth-order valence-corrected chi connectivity index (χ4v) is 4.59. The number of esters is 1. The number of carbonyl (C=O) groups is 7. The van der Waals surface area contributed by atoms with Crippen LogP contribution in [0.2, 0.25) is 0 Å². The molecule has 248 valence electrons. The summed E-state index contributed by atoms with van der Waals surface area (Å²) >= 11 is 0. The van der Waals surface area contributed by atoms with E-state index in [2.05, 4.69) is 31.3 Å². The largest absolute Gasteiger partial charge is 0.466 e. The minimum atomic E-state index is -1.56. The average molecular weight is 624 g/mol. The first-order valence-electron chi connectivity index (χ1n) is 15.0. The van der Waals surface area contributed by atoms with Crippen molar-refractivity contribution in [1.82, 2.24) is 26.6 Å². The van der Waals surface area contributed by atoms with Gasteiger partial charge in [0.15, 0.2) is 0 Å². The van der Waals surface area contributed by atoms with Crippen molar-refractivity contribution in [1.29, 1.82) is 0 Å². The molecule has 1 heterocycles. The Bertz CT molecular complexity index is 1070. The van der Waals surface area contributed by atoms with Crippen molar-refractivity contribution in [2.45, 2.75) is 97.8 Å². The molecule has 6 N–H and O–H groups in total. The highest BCUT2D eigenvalue weighted by Crippen LogP contribution is 2.15. The molecule has 44 heavy (non-hydrogen) atoms. The Hall–Kier alpha value is -3.81. The number of nitrogens with one attached hydrogen (secondary N) is 5. The molecule has 14 nitrogen and oxygen atoms in total. The Labute approximate surface area is 258 Å². The summed E-state index contributed by atoms with van der Waals surface area (Å²) < 4.78 is 4.60. The summed E-state index contributed by atoms with van der Waals surface area (Å²) in [4.78, 5) is 90.1. The first-order chi connectivity index (χ1) is 20.6. The number of imide groups is 1. The minimum absolute atomic E-state index is 0.0616. The topological polar surface area (TPSA) is 209 Å². The van der Waals surface area contributed by atoms with Gasteiger partial charge in [-0.05, 0) is 43.4 Å². The molecule has 1 rings (SSSR count). The second-order valence-corrected chi connectivity index (χ2v) is 12.3. The summed E-state index contributed by atoms with van der Waals surface area (Å²) in [6, 6.07) is -4.51. The highest BCUT2D eigenvalue weighted by atomic mass is 16.5. The van der Waals surface area contributed by atoms with E-state index < -0.39 is 78.1 Å². The number of aliphatic hydroxyl groups is 1. The van der Waals surface area contributed by atoms with Gasteiger partial charge in [-0.2, -0.15) is 0 Å². The molecule has 0 radical (unpaired) electrons. The summed E-state index contributed by atoms with van der Waals surface area (Å²) in [5.41, 5.74) is 0. The lowest BCUT2D eigenvalue weighted by molar-refractivity contribution is -0.141. The fraction of sp³-hybridized carbons (Fsp3) is 0.700. The number of carbonyl (C=O) groups excluding carboxylic acids is 7. The van der Waals surface area contributed by atoms with Crippen LogP contribution in [0.25, 0.3) is 0 Å². The van der Waals surface area contributed by atoms with E-state index in [1.165, 1.54) is 19.3 Å². The summed E-state index contributed by atoms with van der Waals surface area (Å²) in [6.07, 6.45) is 3.07. The van der Waals surface area contributed by atoms with Crippen molar-refractivity contribution in [2.24, 2.45) is 23.7 Å².